The van der Waals surface area contributed by atoms with E-state index in [0.29, 0.717) is 0 Å². The first-order valence-corrected chi connectivity index (χ1v) is 4.43. The molecule has 0 atom stereocenters. The summed E-state index contributed by atoms with van der Waals surface area (Å²) in [5, 5.41) is 21.8. The van der Waals surface area contributed by atoms with Crippen molar-refractivity contribution in [3.63, 3.8) is 0 Å². The number of nitro groups is 1. The number of carbonyl (C=O) groups is 1. The molecule has 0 spiro atoms. The molecule has 88 valence electrons. The van der Waals surface area contributed by atoms with E-state index in [9.17, 15) is 14.9 Å². The summed E-state index contributed by atoms with van der Waals surface area (Å²) in [4.78, 5) is 24.3. The Balaban J connectivity index is 2.90. The van der Waals surface area contributed by atoms with E-state index in [-0.39, 0.29) is 23.6 Å². The Kier molecular flexibility index (Phi) is 3.94. The van der Waals surface area contributed by atoms with Crippen LogP contribution in [0.4, 0.5) is 11.5 Å². The molecule has 1 N–H and O–H groups in total. The highest BCUT2D eigenvalue weighted by atomic mass is 16.6. The minimum absolute atomic E-state index is 0.0110. The lowest BCUT2D eigenvalue weighted by molar-refractivity contribution is -0.385. The normalized spacial score (nSPS) is 9.18. The molecule has 0 saturated heterocycles. The second-order valence-electron chi connectivity index (χ2n) is 2.89. The van der Waals surface area contributed by atoms with Crippen LogP contribution in [0.5, 0.6) is 0 Å². The lowest BCUT2D eigenvalue weighted by Crippen LogP contribution is -2.16. The number of nitrogens with one attached hydrogen (secondary N) is 1. The minimum Gasteiger partial charge on any atom is -0.468 e. The molecular formula is C9H8N4O4. The lowest BCUT2D eigenvalue weighted by Gasteiger charge is -2.05. The van der Waals surface area contributed by atoms with Crippen LogP contribution >= 0.6 is 0 Å². The molecule has 0 aliphatic rings. The topological polar surface area (TPSA) is 118 Å². The van der Waals surface area contributed by atoms with Gasteiger partial charge in [-0.15, -0.1) is 0 Å². The van der Waals surface area contributed by atoms with E-state index in [1.807, 2.05) is 0 Å². The molecule has 0 bridgehead atoms. The number of ether oxygens (including phenoxy) is 1. The summed E-state index contributed by atoms with van der Waals surface area (Å²) in [5.41, 5.74) is -0.298. The molecule has 1 aromatic rings. The molecule has 0 aliphatic carbocycles. The highest BCUT2D eigenvalue weighted by molar-refractivity contribution is 5.75. The van der Waals surface area contributed by atoms with Gasteiger partial charge in [0.25, 0.3) is 5.69 Å². The van der Waals surface area contributed by atoms with Gasteiger partial charge in [-0.3, -0.25) is 14.9 Å². The Morgan fingerprint density at radius 3 is 3.00 bits per heavy atom. The number of hydrogen-bond acceptors (Lipinski definition) is 7. The van der Waals surface area contributed by atoms with E-state index in [1.165, 1.54) is 7.11 Å². The monoisotopic (exact) mass is 236 g/mol. The maximum absolute atomic E-state index is 10.9. The molecule has 1 rings (SSSR count). The average molecular weight is 236 g/mol. The first-order chi connectivity index (χ1) is 8.08. The SMILES string of the molecule is COC(=O)CNc1ncc([N+](=O)[O-])cc1C#N. The largest absolute Gasteiger partial charge is 0.468 e. The second-order valence-corrected chi connectivity index (χ2v) is 2.89. The molecule has 0 aliphatic heterocycles. The van der Waals surface area contributed by atoms with Crippen molar-refractivity contribution in [2.45, 2.75) is 0 Å². The van der Waals surface area contributed by atoms with Gasteiger partial charge in [-0.2, -0.15) is 5.26 Å². The third-order valence-corrected chi connectivity index (χ3v) is 1.83. The summed E-state index contributed by atoms with van der Waals surface area (Å²) >= 11 is 0. The van der Waals surface area contributed by atoms with Gasteiger partial charge in [-0.05, 0) is 0 Å². The Bertz CT molecular complexity index is 494. The Labute approximate surface area is 96.0 Å². The van der Waals surface area contributed by atoms with Crippen molar-refractivity contribution in [2.75, 3.05) is 19.0 Å². The van der Waals surface area contributed by atoms with Gasteiger partial charge < -0.3 is 10.1 Å². The number of pyridine rings is 1. The first kappa shape index (κ1) is 12.4. The van der Waals surface area contributed by atoms with Crippen LogP contribution in [0.2, 0.25) is 0 Å². The van der Waals surface area contributed by atoms with Gasteiger partial charge >= 0.3 is 5.97 Å². The van der Waals surface area contributed by atoms with E-state index in [1.54, 1.807) is 6.07 Å². The number of aromatic nitrogens is 1. The maximum Gasteiger partial charge on any atom is 0.325 e. The van der Waals surface area contributed by atoms with Gasteiger partial charge in [0.15, 0.2) is 0 Å². The minimum atomic E-state index is -0.655. The zero-order valence-corrected chi connectivity index (χ0v) is 8.84. The zero-order chi connectivity index (χ0) is 12.8. The maximum atomic E-state index is 10.9. The van der Waals surface area contributed by atoms with Crippen LogP contribution in [0.15, 0.2) is 12.3 Å². The van der Waals surface area contributed by atoms with Crippen LogP contribution in [-0.4, -0.2) is 29.5 Å². The van der Waals surface area contributed by atoms with Crippen molar-refractivity contribution >= 4 is 17.5 Å². The number of rotatable bonds is 4. The summed E-state index contributed by atoms with van der Waals surface area (Å²) in [6, 6.07) is 2.83. The van der Waals surface area contributed by atoms with Crippen LogP contribution < -0.4 is 5.32 Å². The van der Waals surface area contributed by atoms with Crippen molar-refractivity contribution in [1.82, 2.24) is 4.98 Å². The number of anilines is 1. The van der Waals surface area contributed by atoms with E-state index >= 15 is 0 Å². The second kappa shape index (κ2) is 5.41. The van der Waals surface area contributed by atoms with Gasteiger partial charge in [0.1, 0.15) is 30.2 Å². The standard InChI is InChI=1S/C9H8N4O4/c1-17-8(14)5-12-9-6(3-10)2-7(4-11-9)13(15)16/h2,4H,5H2,1H3,(H,11,12). The lowest BCUT2D eigenvalue weighted by atomic mass is 10.2. The molecule has 0 unspecified atom stereocenters. The number of nitrogens with zero attached hydrogens (tertiary/aromatic N) is 3. The summed E-state index contributed by atoms with van der Waals surface area (Å²) < 4.78 is 4.39. The summed E-state index contributed by atoms with van der Waals surface area (Å²) in [5.74, 6) is -0.433. The number of hydrogen-bond donors (Lipinski definition) is 1. The molecule has 0 fully saturated rings. The molecule has 8 heteroatoms. The van der Waals surface area contributed by atoms with Gasteiger partial charge in [0, 0.05) is 6.07 Å². The van der Waals surface area contributed by atoms with E-state index in [2.05, 4.69) is 15.0 Å². The van der Waals surface area contributed by atoms with Crippen molar-refractivity contribution in [1.29, 1.82) is 5.26 Å². The molecule has 1 aromatic heterocycles. The van der Waals surface area contributed by atoms with Gasteiger partial charge in [0.05, 0.1) is 12.0 Å². The van der Waals surface area contributed by atoms with Crippen LogP contribution in [0, 0.1) is 21.4 Å². The molecule has 8 nitrogen and oxygen atoms in total. The third kappa shape index (κ3) is 3.13. The Morgan fingerprint density at radius 1 is 1.76 bits per heavy atom. The molecule has 1 heterocycles. The van der Waals surface area contributed by atoms with E-state index in [0.717, 1.165) is 12.3 Å². The molecule has 0 aromatic carbocycles. The number of carbonyl (C=O) groups excluding carboxylic acids is 1. The van der Waals surface area contributed by atoms with Crippen molar-refractivity contribution in [3.8, 4) is 6.07 Å². The van der Waals surface area contributed by atoms with Crippen LogP contribution in [0.3, 0.4) is 0 Å². The molecule has 0 saturated carbocycles. The summed E-state index contributed by atoms with van der Waals surface area (Å²) in [6.45, 7) is -0.171. The van der Waals surface area contributed by atoms with E-state index < -0.39 is 10.9 Å². The zero-order valence-electron chi connectivity index (χ0n) is 8.84. The van der Waals surface area contributed by atoms with E-state index in [4.69, 9.17) is 5.26 Å². The quantitative estimate of drug-likeness (QED) is 0.457. The number of esters is 1. The van der Waals surface area contributed by atoms with Crippen molar-refractivity contribution in [2.24, 2.45) is 0 Å². The Morgan fingerprint density at radius 2 is 2.47 bits per heavy atom. The molecule has 17 heavy (non-hydrogen) atoms. The fraction of sp³-hybridized carbons (Fsp3) is 0.222. The van der Waals surface area contributed by atoms with Crippen LogP contribution in [0.1, 0.15) is 5.56 Å². The third-order valence-electron chi connectivity index (χ3n) is 1.83. The number of methoxy groups -OCH3 is 1. The number of nitriles is 1. The molecular weight excluding hydrogens is 228 g/mol. The van der Waals surface area contributed by atoms with Crippen LogP contribution in [-0.2, 0) is 9.53 Å². The molecule has 0 amide bonds. The average Bonchev–Trinajstić information content (AvgIpc) is 2.35. The molecule has 0 radical (unpaired) electrons. The van der Waals surface area contributed by atoms with Gasteiger partial charge in [-0.25, -0.2) is 4.98 Å². The van der Waals surface area contributed by atoms with Crippen molar-refractivity contribution < 1.29 is 14.5 Å². The fourth-order valence-corrected chi connectivity index (χ4v) is 1.01. The predicted octanol–water partition coefficient (Wildman–Crippen LogP) is 0.446. The van der Waals surface area contributed by atoms with Gasteiger partial charge in [-0.1, -0.05) is 0 Å². The smallest absolute Gasteiger partial charge is 0.325 e. The van der Waals surface area contributed by atoms with Crippen molar-refractivity contribution in [3.05, 3.63) is 27.9 Å². The Hall–Kier alpha value is -2.69. The highest BCUT2D eigenvalue weighted by Gasteiger charge is 2.12. The first-order valence-electron chi connectivity index (χ1n) is 4.43. The predicted molar refractivity (Wildman–Crippen MR) is 56.1 cm³/mol. The van der Waals surface area contributed by atoms with Gasteiger partial charge in [0.2, 0.25) is 0 Å². The summed E-state index contributed by atoms with van der Waals surface area (Å²) in [6.07, 6.45) is 1.00. The summed E-state index contributed by atoms with van der Waals surface area (Å²) in [7, 11) is 1.22. The highest BCUT2D eigenvalue weighted by Crippen LogP contribution is 2.17. The van der Waals surface area contributed by atoms with Crippen LogP contribution in [0.25, 0.3) is 0 Å². The fourth-order valence-electron chi connectivity index (χ4n) is 1.01.